The molecule has 0 aromatic carbocycles. The molecular formula is C19H24O5. The van der Waals surface area contributed by atoms with Crippen LogP contribution in [0.3, 0.4) is 0 Å². The fourth-order valence-corrected chi connectivity index (χ4v) is 4.42. The summed E-state index contributed by atoms with van der Waals surface area (Å²) in [7, 11) is 0. The van der Waals surface area contributed by atoms with Crippen LogP contribution in [0.2, 0.25) is 0 Å². The zero-order valence-corrected chi connectivity index (χ0v) is 14.4. The molecule has 5 nitrogen and oxygen atoms in total. The van der Waals surface area contributed by atoms with Gasteiger partial charge in [-0.3, -0.25) is 0 Å². The maximum absolute atomic E-state index is 12.1. The molecule has 0 spiro atoms. The minimum absolute atomic E-state index is 0.0720. The number of fused-ring (bicyclic) bond motifs is 3. The number of allylic oxidation sites excluding steroid dienone is 1. The molecule has 2 fully saturated rings. The SMILES string of the molecule is C=C(C)C(=O)OC1CC(C)(O)C2CC=C(C)C2C2OC(=O)C(=C)C12. The zero-order valence-electron chi connectivity index (χ0n) is 14.4. The number of hydrogen-bond donors (Lipinski definition) is 1. The Hall–Kier alpha value is -1.88. The second kappa shape index (κ2) is 5.59. The van der Waals surface area contributed by atoms with Crippen molar-refractivity contribution >= 4 is 11.9 Å². The van der Waals surface area contributed by atoms with Crippen molar-refractivity contribution in [1.82, 2.24) is 0 Å². The Kier molecular flexibility index (Phi) is 3.95. The third-order valence-corrected chi connectivity index (χ3v) is 5.69. The van der Waals surface area contributed by atoms with Crippen molar-refractivity contribution in [2.75, 3.05) is 0 Å². The smallest absolute Gasteiger partial charge is 0.334 e. The fourth-order valence-electron chi connectivity index (χ4n) is 4.42. The Morgan fingerprint density at radius 2 is 2.12 bits per heavy atom. The lowest BCUT2D eigenvalue weighted by Gasteiger charge is -2.34. The molecule has 0 aromatic rings. The highest BCUT2D eigenvalue weighted by atomic mass is 16.6. The van der Waals surface area contributed by atoms with E-state index in [4.69, 9.17) is 9.47 Å². The van der Waals surface area contributed by atoms with Gasteiger partial charge >= 0.3 is 11.9 Å². The van der Waals surface area contributed by atoms with E-state index in [0.717, 1.165) is 12.0 Å². The highest BCUT2D eigenvalue weighted by Crippen LogP contribution is 2.52. The van der Waals surface area contributed by atoms with E-state index in [2.05, 4.69) is 19.2 Å². The van der Waals surface area contributed by atoms with Crippen LogP contribution in [0.15, 0.2) is 36.0 Å². The Morgan fingerprint density at radius 3 is 2.75 bits per heavy atom. The average molecular weight is 332 g/mol. The molecule has 24 heavy (non-hydrogen) atoms. The summed E-state index contributed by atoms with van der Waals surface area (Å²) in [5.41, 5.74) is 0.665. The molecule has 3 rings (SSSR count). The van der Waals surface area contributed by atoms with Gasteiger partial charge in [0.25, 0.3) is 0 Å². The maximum atomic E-state index is 12.1. The Morgan fingerprint density at radius 1 is 1.46 bits per heavy atom. The number of carbonyl (C=O) groups excluding carboxylic acids is 2. The average Bonchev–Trinajstić information content (AvgIpc) is 2.96. The highest BCUT2D eigenvalue weighted by Gasteiger charge is 2.58. The second-order valence-electron chi connectivity index (χ2n) is 7.52. The zero-order chi connectivity index (χ0) is 17.8. The lowest BCUT2D eigenvalue weighted by atomic mass is 9.76. The van der Waals surface area contributed by atoms with E-state index >= 15 is 0 Å². The molecule has 130 valence electrons. The molecule has 3 aliphatic rings. The number of esters is 2. The molecule has 6 atom stereocenters. The van der Waals surface area contributed by atoms with Crippen molar-refractivity contribution in [2.24, 2.45) is 17.8 Å². The van der Waals surface area contributed by atoms with Gasteiger partial charge in [0.05, 0.1) is 11.5 Å². The van der Waals surface area contributed by atoms with Crippen LogP contribution in [-0.4, -0.2) is 34.9 Å². The van der Waals surface area contributed by atoms with Crippen molar-refractivity contribution in [3.63, 3.8) is 0 Å². The second-order valence-corrected chi connectivity index (χ2v) is 7.52. The summed E-state index contributed by atoms with van der Waals surface area (Å²) >= 11 is 0. The lowest BCUT2D eigenvalue weighted by molar-refractivity contribution is -0.150. The van der Waals surface area contributed by atoms with Gasteiger partial charge in [-0.1, -0.05) is 24.8 Å². The summed E-state index contributed by atoms with van der Waals surface area (Å²) in [4.78, 5) is 24.2. The molecule has 1 aliphatic heterocycles. The third-order valence-electron chi connectivity index (χ3n) is 5.69. The van der Waals surface area contributed by atoms with Crippen molar-refractivity contribution in [3.05, 3.63) is 36.0 Å². The number of hydrogen-bond acceptors (Lipinski definition) is 5. The Labute approximate surface area is 142 Å². The summed E-state index contributed by atoms with van der Waals surface area (Å²) in [5, 5.41) is 11.1. The van der Waals surface area contributed by atoms with Crippen LogP contribution < -0.4 is 0 Å². The van der Waals surface area contributed by atoms with Crippen LogP contribution in [0.25, 0.3) is 0 Å². The Bertz CT molecular complexity index is 657. The summed E-state index contributed by atoms with van der Waals surface area (Å²) in [5.74, 6) is -1.56. The van der Waals surface area contributed by atoms with Gasteiger partial charge < -0.3 is 14.6 Å². The molecule has 1 N–H and O–H groups in total. The van der Waals surface area contributed by atoms with Gasteiger partial charge in [0.2, 0.25) is 0 Å². The van der Waals surface area contributed by atoms with Crippen LogP contribution >= 0.6 is 0 Å². The number of aliphatic hydroxyl groups is 1. The molecule has 1 saturated carbocycles. The maximum Gasteiger partial charge on any atom is 0.334 e. The van der Waals surface area contributed by atoms with Gasteiger partial charge in [-0.25, -0.2) is 9.59 Å². The largest absolute Gasteiger partial charge is 0.458 e. The van der Waals surface area contributed by atoms with Crippen molar-refractivity contribution < 1.29 is 24.2 Å². The van der Waals surface area contributed by atoms with Gasteiger partial charge in [0, 0.05) is 29.4 Å². The topological polar surface area (TPSA) is 72.8 Å². The number of carbonyl (C=O) groups is 2. The van der Waals surface area contributed by atoms with E-state index in [-0.39, 0.29) is 23.8 Å². The molecule has 6 unspecified atom stereocenters. The van der Waals surface area contributed by atoms with Crippen LogP contribution in [0.5, 0.6) is 0 Å². The van der Waals surface area contributed by atoms with E-state index in [9.17, 15) is 14.7 Å². The molecular weight excluding hydrogens is 308 g/mol. The van der Waals surface area contributed by atoms with Crippen LogP contribution in [0, 0.1) is 17.8 Å². The molecule has 5 heteroatoms. The van der Waals surface area contributed by atoms with Gasteiger partial charge in [-0.15, -0.1) is 0 Å². The van der Waals surface area contributed by atoms with Gasteiger partial charge in [-0.2, -0.15) is 0 Å². The van der Waals surface area contributed by atoms with E-state index in [1.807, 2.05) is 6.92 Å². The molecule has 0 amide bonds. The molecule has 1 saturated heterocycles. The molecule has 1 heterocycles. The first-order chi connectivity index (χ1) is 11.1. The van der Waals surface area contributed by atoms with Crippen molar-refractivity contribution in [1.29, 1.82) is 0 Å². The van der Waals surface area contributed by atoms with Gasteiger partial charge in [0.1, 0.15) is 12.2 Å². The Balaban J connectivity index is 2.02. The first-order valence-corrected chi connectivity index (χ1v) is 8.28. The van der Waals surface area contributed by atoms with E-state index in [1.165, 1.54) is 0 Å². The first-order valence-electron chi connectivity index (χ1n) is 8.28. The molecule has 0 aromatic heterocycles. The van der Waals surface area contributed by atoms with E-state index in [1.54, 1.807) is 13.8 Å². The highest BCUT2D eigenvalue weighted by molar-refractivity contribution is 5.91. The first kappa shape index (κ1) is 17.0. The minimum atomic E-state index is -1.03. The molecule has 2 aliphatic carbocycles. The standard InChI is InChI=1S/C19H24O5/c1-9(2)17(20)23-13-8-19(5,22)12-7-6-10(3)14(12)16-15(13)11(4)18(21)24-16/h6,12-16,22H,1,4,7-8H2,2-3,5H3. The third kappa shape index (κ3) is 2.51. The van der Waals surface area contributed by atoms with E-state index < -0.39 is 35.7 Å². The van der Waals surface area contributed by atoms with Crippen LogP contribution in [-0.2, 0) is 19.1 Å². The van der Waals surface area contributed by atoms with Crippen LogP contribution in [0.1, 0.15) is 33.6 Å². The van der Waals surface area contributed by atoms with E-state index in [0.29, 0.717) is 5.57 Å². The minimum Gasteiger partial charge on any atom is -0.458 e. The normalized spacial score (nSPS) is 41.0. The van der Waals surface area contributed by atoms with Crippen molar-refractivity contribution in [2.45, 2.75) is 51.4 Å². The summed E-state index contributed by atoms with van der Waals surface area (Å²) in [6.07, 6.45) is 1.94. The van der Waals surface area contributed by atoms with Gasteiger partial charge in [0.15, 0.2) is 0 Å². The van der Waals surface area contributed by atoms with Crippen molar-refractivity contribution in [3.8, 4) is 0 Å². The summed E-state index contributed by atoms with van der Waals surface area (Å²) in [6, 6.07) is 0. The van der Waals surface area contributed by atoms with Gasteiger partial charge in [-0.05, 0) is 27.2 Å². The summed E-state index contributed by atoms with van der Waals surface area (Å²) < 4.78 is 11.2. The number of ether oxygens (including phenoxy) is 2. The lowest BCUT2D eigenvalue weighted by Crippen LogP contribution is -2.40. The van der Waals surface area contributed by atoms with Crippen LogP contribution in [0.4, 0.5) is 0 Å². The fraction of sp³-hybridized carbons (Fsp3) is 0.579. The monoisotopic (exact) mass is 332 g/mol. The molecule has 0 bridgehead atoms. The predicted octanol–water partition coefficient (Wildman–Crippen LogP) is 2.31. The molecule has 0 radical (unpaired) electrons. The summed E-state index contributed by atoms with van der Waals surface area (Å²) in [6.45, 7) is 12.8. The predicted molar refractivity (Wildman–Crippen MR) is 87.8 cm³/mol. The quantitative estimate of drug-likeness (QED) is 0.477. The number of rotatable bonds is 2.